The number of hydrazone groups is 1. The molecule has 0 bridgehead atoms. The van der Waals surface area contributed by atoms with Crippen molar-refractivity contribution in [2.24, 2.45) is 5.10 Å². The molecule has 146 valence electrons. The van der Waals surface area contributed by atoms with Crippen molar-refractivity contribution in [3.05, 3.63) is 57.0 Å². The summed E-state index contributed by atoms with van der Waals surface area (Å²) < 4.78 is 11.1. The van der Waals surface area contributed by atoms with Gasteiger partial charge < -0.3 is 19.1 Å². The van der Waals surface area contributed by atoms with Crippen LogP contribution in [0.25, 0.3) is 0 Å². The van der Waals surface area contributed by atoms with Crippen LogP contribution in [0.15, 0.2) is 34.2 Å². The number of carbonyl (C=O) groups is 1. The van der Waals surface area contributed by atoms with Crippen LogP contribution in [0, 0.1) is 18.3 Å². The van der Waals surface area contributed by atoms with Gasteiger partial charge in [0.05, 0.1) is 19.9 Å². The highest BCUT2D eigenvalue weighted by Gasteiger charge is 2.14. The third-order valence-electron chi connectivity index (χ3n) is 3.91. The number of hydrogen-bond donors (Lipinski definition) is 2. The van der Waals surface area contributed by atoms with Gasteiger partial charge in [-0.3, -0.25) is 9.59 Å². The first-order valence-electron chi connectivity index (χ1n) is 8.22. The number of amides is 1. The van der Waals surface area contributed by atoms with Gasteiger partial charge in [0, 0.05) is 18.4 Å². The van der Waals surface area contributed by atoms with E-state index in [1.807, 2.05) is 6.07 Å². The summed E-state index contributed by atoms with van der Waals surface area (Å²) in [5, 5.41) is 22.8. The second-order valence-electron chi connectivity index (χ2n) is 5.85. The molecule has 0 atom stereocenters. The maximum atomic E-state index is 12.5. The number of phenolic OH excluding ortho intramolecular Hbond substituents is 1. The number of aromatic hydroxyl groups is 1. The third-order valence-corrected chi connectivity index (χ3v) is 3.91. The molecular weight excluding hydrogens is 364 g/mol. The van der Waals surface area contributed by atoms with Gasteiger partial charge in [0.25, 0.3) is 11.5 Å². The van der Waals surface area contributed by atoms with Crippen LogP contribution >= 0.6 is 0 Å². The lowest BCUT2D eigenvalue weighted by Crippen LogP contribution is -2.33. The van der Waals surface area contributed by atoms with Crippen molar-refractivity contribution in [3.63, 3.8) is 0 Å². The van der Waals surface area contributed by atoms with Crippen molar-refractivity contribution in [3.8, 4) is 17.6 Å². The Kier molecular flexibility index (Phi) is 6.90. The first-order valence-corrected chi connectivity index (χ1v) is 8.22. The number of aromatic nitrogens is 1. The molecule has 2 rings (SSSR count). The average Bonchev–Trinajstić information content (AvgIpc) is 2.66. The smallest absolute Gasteiger partial charge is 0.269 e. The number of ether oxygens (including phenoxy) is 2. The van der Waals surface area contributed by atoms with Gasteiger partial charge in [-0.1, -0.05) is 0 Å². The normalized spacial score (nSPS) is 10.6. The predicted molar refractivity (Wildman–Crippen MR) is 101 cm³/mol. The maximum absolute atomic E-state index is 12.5. The molecule has 0 aliphatic carbocycles. The number of carbonyl (C=O) groups excluding carboxylic acids is 1. The van der Waals surface area contributed by atoms with Crippen LogP contribution < -0.4 is 15.7 Å². The van der Waals surface area contributed by atoms with Crippen molar-refractivity contribution in [2.45, 2.75) is 20.1 Å². The standard InChI is InChI=1S/C19H20N4O5/c1-12-6-14(11-27-2)15(8-20)19(26)23(12)10-18(25)22-21-9-13-4-5-17(28-3)16(24)7-13/h4-7,9,24H,10-11H2,1-3H3,(H,22,25). The molecule has 0 saturated carbocycles. The number of benzene rings is 1. The van der Waals surface area contributed by atoms with Gasteiger partial charge in [-0.2, -0.15) is 10.4 Å². The van der Waals surface area contributed by atoms with E-state index < -0.39 is 11.5 Å². The summed E-state index contributed by atoms with van der Waals surface area (Å²) in [5.74, 6) is -0.274. The summed E-state index contributed by atoms with van der Waals surface area (Å²) in [5.41, 5.74) is 3.23. The number of nitriles is 1. The van der Waals surface area contributed by atoms with Crippen LogP contribution in [-0.2, 0) is 22.7 Å². The second kappa shape index (κ2) is 9.34. The van der Waals surface area contributed by atoms with Gasteiger partial charge in [0.1, 0.15) is 18.2 Å². The van der Waals surface area contributed by atoms with E-state index in [1.165, 1.54) is 31.1 Å². The number of hydrogen-bond acceptors (Lipinski definition) is 7. The number of methoxy groups -OCH3 is 2. The molecule has 0 radical (unpaired) electrons. The lowest BCUT2D eigenvalue weighted by atomic mass is 10.1. The Balaban J connectivity index is 2.12. The summed E-state index contributed by atoms with van der Waals surface area (Å²) in [4.78, 5) is 24.6. The van der Waals surface area contributed by atoms with E-state index in [2.05, 4.69) is 10.5 Å². The fourth-order valence-electron chi connectivity index (χ4n) is 2.57. The van der Waals surface area contributed by atoms with Gasteiger partial charge in [-0.05, 0) is 36.8 Å². The summed E-state index contributed by atoms with van der Waals surface area (Å²) >= 11 is 0. The molecule has 0 spiro atoms. The van der Waals surface area contributed by atoms with Crippen molar-refractivity contribution in [1.82, 2.24) is 9.99 Å². The topological polar surface area (TPSA) is 126 Å². The number of nitrogens with one attached hydrogen (secondary N) is 1. The zero-order chi connectivity index (χ0) is 20.7. The minimum atomic E-state index is -0.561. The zero-order valence-electron chi connectivity index (χ0n) is 15.7. The van der Waals surface area contributed by atoms with Crippen molar-refractivity contribution < 1.29 is 19.4 Å². The van der Waals surface area contributed by atoms with Gasteiger partial charge in [0.2, 0.25) is 0 Å². The molecular formula is C19H20N4O5. The van der Waals surface area contributed by atoms with Crippen molar-refractivity contribution in [2.75, 3.05) is 14.2 Å². The van der Waals surface area contributed by atoms with Crippen LogP contribution in [0.3, 0.4) is 0 Å². The maximum Gasteiger partial charge on any atom is 0.269 e. The molecule has 2 N–H and O–H groups in total. The van der Waals surface area contributed by atoms with E-state index in [9.17, 15) is 20.0 Å². The average molecular weight is 384 g/mol. The van der Waals surface area contributed by atoms with Gasteiger partial charge >= 0.3 is 0 Å². The summed E-state index contributed by atoms with van der Waals surface area (Å²) in [6.45, 7) is 1.50. The molecule has 1 amide bonds. The van der Waals surface area contributed by atoms with Crippen LogP contribution in [0.5, 0.6) is 11.5 Å². The second-order valence-corrected chi connectivity index (χ2v) is 5.85. The molecule has 0 unspecified atom stereocenters. The van der Waals surface area contributed by atoms with Gasteiger partial charge in [0.15, 0.2) is 11.5 Å². The largest absolute Gasteiger partial charge is 0.504 e. The minimum Gasteiger partial charge on any atom is -0.504 e. The van der Waals surface area contributed by atoms with Gasteiger partial charge in [-0.15, -0.1) is 0 Å². The summed E-state index contributed by atoms with van der Waals surface area (Å²) in [6, 6.07) is 8.14. The Morgan fingerprint density at radius 2 is 2.14 bits per heavy atom. The number of aryl methyl sites for hydroxylation is 1. The molecule has 28 heavy (non-hydrogen) atoms. The summed E-state index contributed by atoms with van der Waals surface area (Å²) in [6.07, 6.45) is 1.34. The molecule has 1 aromatic heterocycles. The SMILES string of the molecule is COCc1cc(C)n(CC(=O)NN=Cc2ccc(OC)c(O)c2)c(=O)c1C#N. The van der Waals surface area contributed by atoms with E-state index in [-0.39, 0.29) is 24.5 Å². The summed E-state index contributed by atoms with van der Waals surface area (Å²) in [7, 11) is 2.91. The van der Waals surface area contributed by atoms with E-state index in [0.29, 0.717) is 22.6 Å². The molecule has 0 saturated heterocycles. The fourth-order valence-corrected chi connectivity index (χ4v) is 2.57. The zero-order valence-corrected chi connectivity index (χ0v) is 15.7. The van der Waals surface area contributed by atoms with Gasteiger partial charge in [-0.25, -0.2) is 5.43 Å². The molecule has 9 nitrogen and oxygen atoms in total. The molecule has 0 aliphatic rings. The highest BCUT2D eigenvalue weighted by molar-refractivity contribution is 5.83. The third kappa shape index (κ3) is 4.75. The van der Waals surface area contributed by atoms with Crippen LogP contribution in [-0.4, -0.2) is 36.0 Å². The monoisotopic (exact) mass is 384 g/mol. The Bertz CT molecular complexity index is 1000. The first kappa shape index (κ1) is 20.7. The fraction of sp³-hybridized carbons (Fsp3) is 0.263. The van der Waals surface area contributed by atoms with Crippen LogP contribution in [0.4, 0.5) is 0 Å². The first-order chi connectivity index (χ1) is 13.4. The number of phenols is 1. The Morgan fingerprint density at radius 1 is 1.39 bits per heavy atom. The Hall–Kier alpha value is -3.64. The molecule has 1 aromatic carbocycles. The number of nitrogens with zero attached hydrogens (tertiary/aromatic N) is 3. The highest BCUT2D eigenvalue weighted by atomic mass is 16.5. The molecule has 0 aliphatic heterocycles. The predicted octanol–water partition coefficient (Wildman–Crippen LogP) is 1.04. The van der Waals surface area contributed by atoms with Crippen LogP contribution in [0.1, 0.15) is 22.4 Å². The molecule has 1 heterocycles. The number of pyridine rings is 1. The van der Waals surface area contributed by atoms with Crippen molar-refractivity contribution in [1.29, 1.82) is 5.26 Å². The van der Waals surface area contributed by atoms with E-state index in [1.54, 1.807) is 25.1 Å². The van der Waals surface area contributed by atoms with Crippen molar-refractivity contribution >= 4 is 12.1 Å². The van der Waals surface area contributed by atoms with E-state index >= 15 is 0 Å². The lowest BCUT2D eigenvalue weighted by molar-refractivity contribution is -0.121. The van der Waals surface area contributed by atoms with E-state index in [0.717, 1.165) is 0 Å². The highest BCUT2D eigenvalue weighted by Crippen LogP contribution is 2.25. The molecule has 9 heteroatoms. The lowest BCUT2D eigenvalue weighted by Gasteiger charge is -2.12. The van der Waals surface area contributed by atoms with Crippen LogP contribution in [0.2, 0.25) is 0 Å². The van der Waals surface area contributed by atoms with E-state index in [4.69, 9.17) is 9.47 Å². The quantitative estimate of drug-likeness (QED) is 0.543. The molecule has 0 fully saturated rings. The minimum absolute atomic E-state index is 0.0554. The Labute approximate surface area is 161 Å². The number of rotatable bonds is 7. The molecule has 2 aromatic rings. The Morgan fingerprint density at radius 3 is 2.75 bits per heavy atom.